The molecule has 0 bridgehead atoms. The number of carbonyl (C=O) groups is 1. The summed E-state index contributed by atoms with van der Waals surface area (Å²) in [5.41, 5.74) is 3.87. The smallest absolute Gasteiger partial charge is 0.306 e. The Morgan fingerprint density at radius 1 is 1.17 bits per heavy atom. The second kappa shape index (κ2) is 7.65. The molecule has 0 spiro atoms. The molecule has 0 amide bonds. The molecule has 0 aromatic heterocycles. The van der Waals surface area contributed by atoms with E-state index in [2.05, 4.69) is 49.1 Å². The third kappa shape index (κ3) is 3.87. The van der Waals surface area contributed by atoms with E-state index in [0.717, 1.165) is 38.5 Å². The highest BCUT2D eigenvalue weighted by molar-refractivity contribution is 5.75. The van der Waals surface area contributed by atoms with E-state index in [0.29, 0.717) is 11.8 Å². The molecule has 2 aliphatic carbocycles. The van der Waals surface area contributed by atoms with Crippen LogP contribution < -0.4 is 0 Å². The van der Waals surface area contributed by atoms with E-state index in [1.54, 1.807) is 0 Å². The van der Waals surface area contributed by atoms with E-state index in [4.69, 9.17) is 5.11 Å². The number of aliphatic carboxylic acids is 1. The molecule has 1 N–H and O–H groups in total. The molecule has 1 fully saturated rings. The molecule has 2 aliphatic rings. The van der Waals surface area contributed by atoms with Gasteiger partial charge in [-0.15, -0.1) is 6.58 Å². The van der Waals surface area contributed by atoms with E-state index in [1.807, 2.05) is 6.08 Å². The summed E-state index contributed by atoms with van der Waals surface area (Å²) in [5, 5.41) is 9.12. The van der Waals surface area contributed by atoms with Gasteiger partial charge in [0.25, 0.3) is 0 Å². The van der Waals surface area contributed by atoms with Gasteiger partial charge in [-0.2, -0.15) is 0 Å². The van der Waals surface area contributed by atoms with Crippen molar-refractivity contribution in [3.05, 3.63) is 66.3 Å². The number of hydrogen-bond donors (Lipinski definition) is 1. The summed E-state index contributed by atoms with van der Waals surface area (Å²) in [6.07, 6.45) is 14.6. The molecule has 1 saturated carbocycles. The summed E-state index contributed by atoms with van der Waals surface area (Å²) in [7, 11) is 0. The van der Waals surface area contributed by atoms with Crippen LogP contribution in [0.1, 0.15) is 43.2 Å². The van der Waals surface area contributed by atoms with E-state index < -0.39 is 5.97 Å². The molecule has 2 nitrogen and oxygen atoms in total. The molecule has 0 saturated heterocycles. The molecule has 3 rings (SSSR count). The highest BCUT2D eigenvalue weighted by Gasteiger charge is 2.29. The first-order valence-electron chi connectivity index (χ1n) is 8.98. The zero-order valence-electron chi connectivity index (χ0n) is 14.2. The minimum absolute atomic E-state index is 0.117. The molecular weight excluding hydrogens is 296 g/mol. The summed E-state index contributed by atoms with van der Waals surface area (Å²) >= 11 is 0. The lowest BCUT2D eigenvalue weighted by atomic mass is 9.73. The number of hydrogen-bond acceptors (Lipinski definition) is 1. The fourth-order valence-corrected chi connectivity index (χ4v) is 3.99. The van der Waals surface area contributed by atoms with Crippen LogP contribution in [0.15, 0.2) is 55.1 Å². The molecule has 0 aliphatic heterocycles. The summed E-state index contributed by atoms with van der Waals surface area (Å²) in [4.78, 5) is 11.1. The van der Waals surface area contributed by atoms with Crippen LogP contribution in [0.5, 0.6) is 0 Å². The second-order valence-corrected chi connectivity index (χ2v) is 7.06. The third-order valence-electron chi connectivity index (χ3n) is 5.53. The number of allylic oxidation sites excluding steroid dienone is 5. The van der Waals surface area contributed by atoms with Crippen LogP contribution in [0.25, 0.3) is 5.57 Å². The molecular formula is C22H26O2. The fourth-order valence-electron chi connectivity index (χ4n) is 3.99. The van der Waals surface area contributed by atoms with Crippen LogP contribution >= 0.6 is 0 Å². The number of rotatable bonds is 5. The average molecular weight is 322 g/mol. The van der Waals surface area contributed by atoms with Crippen LogP contribution in [0, 0.1) is 17.8 Å². The number of benzene rings is 1. The Morgan fingerprint density at radius 3 is 2.42 bits per heavy atom. The van der Waals surface area contributed by atoms with Crippen LogP contribution in [0.2, 0.25) is 0 Å². The lowest BCUT2D eigenvalue weighted by molar-refractivity contribution is -0.143. The van der Waals surface area contributed by atoms with Crippen LogP contribution in [0.4, 0.5) is 0 Å². The lowest BCUT2D eigenvalue weighted by Crippen LogP contribution is -2.25. The van der Waals surface area contributed by atoms with Crippen molar-refractivity contribution in [3.63, 3.8) is 0 Å². The maximum absolute atomic E-state index is 11.1. The van der Waals surface area contributed by atoms with E-state index in [1.165, 1.54) is 16.7 Å². The molecule has 0 heterocycles. The highest BCUT2D eigenvalue weighted by Crippen LogP contribution is 2.38. The topological polar surface area (TPSA) is 37.3 Å². The second-order valence-electron chi connectivity index (χ2n) is 7.06. The molecule has 126 valence electrons. The van der Waals surface area contributed by atoms with Gasteiger partial charge in [0, 0.05) is 0 Å². The van der Waals surface area contributed by atoms with Crippen molar-refractivity contribution in [3.8, 4) is 0 Å². The predicted molar refractivity (Wildman–Crippen MR) is 98.7 cm³/mol. The van der Waals surface area contributed by atoms with Crippen molar-refractivity contribution in [2.24, 2.45) is 17.8 Å². The Labute approximate surface area is 144 Å². The maximum Gasteiger partial charge on any atom is 0.306 e. The molecule has 1 unspecified atom stereocenters. The highest BCUT2D eigenvalue weighted by atomic mass is 16.4. The predicted octanol–water partition coefficient (Wildman–Crippen LogP) is 5.27. The number of carboxylic acids is 1. The van der Waals surface area contributed by atoms with Gasteiger partial charge in [0.05, 0.1) is 5.92 Å². The van der Waals surface area contributed by atoms with E-state index in [9.17, 15) is 4.79 Å². The zero-order valence-corrected chi connectivity index (χ0v) is 14.2. The first-order chi connectivity index (χ1) is 11.7. The quantitative estimate of drug-likeness (QED) is 0.750. The van der Waals surface area contributed by atoms with Gasteiger partial charge >= 0.3 is 5.97 Å². The van der Waals surface area contributed by atoms with E-state index in [-0.39, 0.29) is 5.92 Å². The van der Waals surface area contributed by atoms with Crippen LogP contribution in [-0.2, 0) is 11.2 Å². The lowest BCUT2D eigenvalue weighted by Gasteiger charge is -2.32. The van der Waals surface area contributed by atoms with Gasteiger partial charge in [-0.1, -0.05) is 48.6 Å². The van der Waals surface area contributed by atoms with Crippen molar-refractivity contribution in [2.45, 2.75) is 38.5 Å². The first-order valence-corrected chi connectivity index (χ1v) is 8.98. The molecule has 1 aromatic rings. The van der Waals surface area contributed by atoms with Crippen molar-refractivity contribution in [1.29, 1.82) is 0 Å². The van der Waals surface area contributed by atoms with Crippen molar-refractivity contribution < 1.29 is 9.90 Å². The maximum atomic E-state index is 11.1. The van der Waals surface area contributed by atoms with E-state index >= 15 is 0 Å². The summed E-state index contributed by atoms with van der Waals surface area (Å²) < 4.78 is 0. The average Bonchev–Trinajstić information content (AvgIpc) is 2.63. The molecule has 2 heteroatoms. The molecule has 0 radical (unpaired) electrons. The largest absolute Gasteiger partial charge is 0.481 e. The van der Waals surface area contributed by atoms with Crippen molar-refractivity contribution in [1.82, 2.24) is 0 Å². The minimum Gasteiger partial charge on any atom is -0.481 e. The molecule has 1 aromatic carbocycles. The standard InChI is InChI=1S/C22H26O2/c1-2-3-16-4-6-17(7-5-16)18-8-10-19(11-9-18)20-12-14-21(15-13-20)22(23)24/h2,4-10,19-21H,1,3,11-15H2,(H,23,24). The monoisotopic (exact) mass is 322 g/mol. The Hall–Kier alpha value is -2.09. The van der Waals surface area contributed by atoms with Gasteiger partial charge in [-0.05, 0) is 67.1 Å². The van der Waals surface area contributed by atoms with Gasteiger partial charge in [0.15, 0.2) is 0 Å². The van der Waals surface area contributed by atoms with Crippen LogP contribution in [-0.4, -0.2) is 11.1 Å². The normalized spacial score (nSPS) is 26.7. The summed E-state index contributed by atoms with van der Waals surface area (Å²) in [6, 6.07) is 8.72. The Morgan fingerprint density at radius 2 is 1.88 bits per heavy atom. The summed E-state index contributed by atoms with van der Waals surface area (Å²) in [6.45, 7) is 3.78. The van der Waals surface area contributed by atoms with Gasteiger partial charge in [-0.3, -0.25) is 4.79 Å². The van der Waals surface area contributed by atoms with Gasteiger partial charge < -0.3 is 5.11 Å². The van der Waals surface area contributed by atoms with Gasteiger partial charge in [0.1, 0.15) is 0 Å². The third-order valence-corrected chi connectivity index (χ3v) is 5.53. The number of carboxylic acid groups (broad SMARTS) is 1. The SMILES string of the molecule is C=CCc1ccc(C2=CCC(C3CCC(C(=O)O)CC3)C=C2)cc1. The van der Waals surface area contributed by atoms with Gasteiger partial charge in [-0.25, -0.2) is 0 Å². The van der Waals surface area contributed by atoms with Crippen LogP contribution in [0.3, 0.4) is 0 Å². The Kier molecular flexibility index (Phi) is 5.34. The molecule has 24 heavy (non-hydrogen) atoms. The fraction of sp³-hybridized carbons (Fsp3) is 0.409. The zero-order chi connectivity index (χ0) is 16.9. The van der Waals surface area contributed by atoms with Gasteiger partial charge in [0.2, 0.25) is 0 Å². The Bertz CT molecular complexity index is 643. The van der Waals surface area contributed by atoms with Crippen molar-refractivity contribution >= 4 is 11.5 Å². The Balaban J connectivity index is 1.57. The summed E-state index contributed by atoms with van der Waals surface area (Å²) in [5.74, 6) is 0.483. The first kappa shape index (κ1) is 16.8. The van der Waals surface area contributed by atoms with Crippen molar-refractivity contribution in [2.75, 3.05) is 0 Å². The molecule has 1 atom stereocenters. The minimum atomic E-state index is -0.616.